The summed E-state index contributed by atoms with van der Waals surface area (Å²) in [6.07, 6.45) is 0. The molecule has 4 nitrogen and oxygen atoms in total. The molecular weight excluding hydrogens is 252 g/mol. The second-order valence-electron chi connectivity index (χ2n) is 6.23. The lowest BCUT2D eigenvalue weighted by atomic mass is 10.0. The molecule has 0 aliphatic heterocycles. The zero-order valence-electron chi connectivity index (χ0n) is 13.4. The molecule has 0 heterocycles. The van der Waals surface area contributed by atoms with Crippen LogP contribution in [0.2, 0.25) is 0 Å². The fourth-order valence-electron chi connectivity index (χ4n) is 2.38. The number of oxime groups is 1. The molecule has 0 saturated heterocycles. The molecule has 4 heteroatoms. The van der Waals surface area contributed by atoms with E-state index in [0.29, 0.717) is 23.4 Å². The lowest BCUT2D eigenvalue weighted by Crippen LogP contribution is -2.53. The Morgan fingerprint density at radius 2 is 1.75 bits per heavy atom. The smallest absolute Gasteiger partial charge is 0.124 e. The molecule has 0 bridgehead atoms. The molecule has 0 spiro atoms. The van der Waals surface area contributed by atoms with E-state index in [1.54, 1.807) is 13.0 Å². The zero-order chi connectivity index (χ0) is 15.5. The first-order valence-electron chi connectivity index (χ1n) is 7.08. The van der Waals surface area contributed by atoms with E-state index in [2.05, 4.69) is 39.9 Å². The molecule has 0 aromatic heterocycles. The van der Waals surface area contributed by atoms with Gasteiger partial charge in [-0.2, -0.15) is 0 Å². The maximum absolute atomic E-state index is 9.86. The highest BCUT2D eigenvalue weighted by atomic mass is 16.4. The van der Waals surface area contributed by atoms with Gasteiger partial charge >= 0.3 is 0 Å². The number of hydrogen-bond donors (Lipinski definition) is 2. The van der Waals surface area contributed by atoms with Crippen LogP contribution in [0.25, 0.3) is 0 Å². The van der Waals surface area contributed by atoms with Crippen molar-refractivity contribution in [3.05, 3.63) is 29.3 Å². The molecule has 0 radical (unpaired) electrons. The molecule has 0 atom stereocenters. The highest BCUT2D eigenvalue weighted by Crippen LogP contribution is 2.25. The summed E-state index contributed by atoms with van der Waals surface area (Å²) >= 11 is 0. The van der Waals surface area contributed by atoms with E-state index in [-0.39, 0.29) is 5.75 Å². The lowest BCUT2D eigenvalue weighted by Gasteiger charge is -2.42. The molecule has 0 amide bonds. The van der Waals surface area contributed by atoms with Crippen LogP contribution in [0, 0.1) is 0 Å². The molecule has 1 rings (SSSR count). The highest BCUT2D eigenvalue weighted by Gasteiger charge is 2.30. The fraction of sp³-hybridized carbons (Fsp3) is 0.562. The van der Waals surface area contributed by atoms with Gasteiger partial charge in [0.1, 0.15) is 12.3 Å². The molecule has 112 valence electrons. The summed E-state index contributed by atoms with van der Waals surface area (Å²) in [6.45, 7) is 11.5. The van der Waals surface area contributed by atoms with Crippen LogP contribution in [-0.2, 0) is 6.54 Å². The quantitative estimate of drug-likeness (QED) is 0.376. The Bertz CT molecular complexity index is 485. The lowest BCUT2D eigenvalue weighted by molar-refractivity contribution is -0.961. The van der Waals surface area contributed by atoms with Crippen LogP contribution in [0.4, 0.5) is 0 Å². The Kier molecular flexibility index (Phi) is 5.17. The van der Waals surface area contributed by atoms with Gasteiger partial charge in [-0.1, -0.05) is 5.16 Å². The van der Waals surface area contributed by atoms with Crippen LogP contribution in [-0.4, -0.2) is 39.6 Å². The van der Waals surface area contributed by atoms with Crippen molar-refractivity contribution < 1.29 is 14.8 Å². The third-order valence-electron chi connectivity index (χ3n) is 4.48. The van der Waals surface area contributed by atoms with Crippen molar-refractivity contribution in [2.24, 2.45) is 5.16 Å². The van der Waals surface area contributed by atoms with Crippen molar-refractivity contribution in [3.63, 3.8) is 0 Å². The van der Waals surface area contributed by atoms with E-state index in [4.69, 9.17) is 5.21 Å². The average Bonchev–Trinajstić information content (AvgIpc) is 2.39. The molecule has 1 aromatic rings. The van der Waals surface area contributed by atoms with Gasteiger partial charge in [-0.15, -0.1) is 0 Å². The van der Waals surface area contributed by atoms with Gasteiger partial charge in [0.2, 0.25) is 0 Å². The van der Waals surface area contributed by atoms with Crippen molar-refractivity contribution >= 4 is 5.71 Å². The second-order valence-corrected chi connectivity index (χ2v) is 6.23. The summed E-state index contributed by atoms with van der Waals surface area (Å²) in [6, 6.07) is 6.51. The van der Waals surface area contributed by atoms with Crippen molar-refractivity contribution in [1.82, 2.24) is 0 Å². The molecule has 0 unspecified atom stereocenters. The van der Waals surface area contributed by atoms with Crippen molar-refractivity contribution in [3.8, 4) is 5.75 Å². The molecule has 0 fully saturated rings. The number of benzene rings is 1. The third-order valence-corrected chi connectivity index (χ3v) is 4.48. The number of hydrogen-bond acceptors (Lipinski definition) is 3. The van der Waals surface area contributed by atoms with E-state index in [1.807, 2.05) is 12.1 Å². The second kappa shape index (κ2) is 6.27. The minimum absolute atomic E-state index is 0.146. The Hall–Kier alpha value is -1.55. The Morgan fingerprint density at radius 3 is 2.20 bits per heavy atom. The van der Waals surface area contributed by atoms with Crippen molar-refractivity contribution in [2.75, 3.05) is 7.05 Å². The number of quaternary nitrogens is 1. The van der Waals surface area contributed by atoms with Gasteiger partial charge in [-0.05, 0) is 52.8 Å². The van der Waals surface area contributed by atoms with Gasteiger partial charge in [0, 0.05) is 11.1 Å². The predicted octanol–water partition coefficient (Wildman–Crippen LogP) is 3.35. The van der Waals surface area contributed by atoms with Crippen LogP contribution in [0.1, 0.15) is 45.7 Å². The molecule has 1 aromatic carbocycles. The predicted molar refractivity (Wildman–Crippen MR) is 82.3 cm³/mol. The van der Waals surface area contributed by atoms with E-state index < -0.39 is 0 Å². The summed E-state index contributed by atoms with van der Waals surface area (Å²) in [4.78, 5) is 0. The molecule has 20 heavy (non-hydrogen) atoms. The summed E-state index contributed by atoms with van der Waals surface area (Å²) in [5.41, 5.74) is 2.14. The zero-order valence-corrected chi connectivity index (χ0v) is 13.4. The van der Waals surface area contributed by atoms with Crippen LogP contribution in [0.15, 0.2) is 23.4 Å². The topological polar surface area (TPSA) is 52.8 Å². The number of phenolic OH excluding ortho intramolecular Hbond substituents is 1. The summed E-state index contributed by atoms with van der Waals surface area (Å²) in [7, 11) is 2.24. The molecule has 2 N–H and O–H groups in total. The van der Waals surface area contributed by atoms with Crippen LogP contribution in [0.3, 0.4) is 0 Å². The molecule has 0 aliphatic rings. The maximum Gasteiger partial charge on any atom is 0.124 e. The Balaban J connectivity index is 3.16. The Labute approximate surface area is 121 Å². The van der Waals surface area contributed by atoms with Crippen LogP contribution >= 0.6 is 0 Å². The minimum atomic E-state index is 0.146. The molecular formula is C16H27N2O2+. The largest absolute Gasteiger partial charge is 0.507 e. The number of aromatic hydroxyl groups is 1. The van der Waals surface area contributed by atoms with E-state index in [0.717, 1.165) is 16.6 Å². The SMILES string of the molecule is C/C(=N\O)c1cc(C[N+](C)(C(C)C)C(C)C)ccc1O. The molecule has 0 saturated carbocycles. The monoisotopic (exact) mass is 279 g/mol. The van der Waals surface area contributed by atoms with Gasteiger partial charge in [-0.25, -0.2) is 0 Å². The van der Waals surface area contributed by atoms with Gasteiger partial charge < -0.3 is 14.8 Å². The van der Waals surface area contributed by atoms with Crippen LogP contribution < -0.4 is 0 Å². The van der Waals surface area contributed by atoms with Crippen molar-refractivity contribution in [2.45, 2.75) is 53.2 Å². The van der Waals surface area contributed by atoms with Gasteiger partial charge in [0.15, 0.2) is 0 Å². The molecule has 0 aliphatic carbocycles. The first kappa shape index (κ1) is 16.5. The van der Waals surface area contributed by atoms with Crippen molar-refractivity contribution in [1.29, 1.82) is 0 Å². The van der Waals surface area contributed by atoms with Gasteiger partial charge in [0.25, 0.3) is 0 Å². The number of phenols is 1. The average molecular weight is 279 g/mol. The minimum Gasteiger partial charge on any atom is -0.507 e. The Morgan fingerprint density at radius 1 is 1.20 bits per heavy atom. The number of nitrogens with zero attached hydrogens (tertiary/aromatic N) is 2. The summed E-state index contributed by atoms with van der Waals surface area (Å²) in [5, 5.41) is 21.9. The van der Waals surface area contributed by atoms with Gasteiger partial charge in [0.05, 0.1) is 24.8 Å². The summed E-state index contributed by atoms with van der Waals surface area (Å²) in [5.74, 6) is 0.146. The van der Waals surface area contributed by atoms with E-state index in [9.17, 15) is 5.11 Å². The summed E-state index contributed by atoms with van der Waals surface area (Å²) < 4.78 is 0.916. The number of rotatable bonds is 5. The third kappa shape index (κ3) is 3.31. The van der Waals surface area contributed by atoms with E-state index >= 15 is 0 Å². The van der Waals surface area contributed by atoms with Gasteiger partial charge in [-0.3, -0.25) is 0 Å². The maximum atomic E-state index is 9.86. The van der Waals surface area contributed by atoms with E-state index in [1.165, 1.54) is 0 Å². The first-order valence-corrected chi connectivity index (χ1v) is 7.08. The first-order chi connectivity index (χ1) is 9.22. The normalized spacial score (nSPS) is 13.3. The fourth-order valence-corrected chi connectivity index (χ4v) is 2.38. The van der Waals surface area contributed by atoms with Crippen LogP contribution in [0.5, 0.6) is 5.75 Å². The standard InChI is InChI=1S/C16H26N2O2/c1-11(2)18(6,12(3)4)10-14-7-8-16(19)15(9-14)13(5)17-20/h7-9,11-12H,10H2,1-6H3,(H-,17,19,20)/p+1. The highest BCUT2D eigenvalue weighted by molar-refractivity contribution is 6.00.